The smallest absolute Gasteiger partial charge is 0.355 e. The van der Waals surface area contributed by atoms with Crippen LogP contribution in [0.1, 0.15) is 10.5 Å². The number of hydrogen-bond donors (Lipinski definition) is 1. The molecule has 0 atom stereocenters. The molecule has 11 heavy (non-hydrogen) atoms. The molecule has 1 heterocycles. The molecule has 3 nitrogen and oxygen atoms in total. The maximum Gasteiger partial charge on any atom is 0.355 e. The average molecular weight is 236 g/mol. The van der Waals surface area contributed by atoms with E-state index in [1.54, 1.807) is 0 Å². The summed E-state index contributed by atoms with van der Waals surface area (Å²) in [7, 11) is 0. The SMILES string of the molecule is O=C(O)c1ncc(Cl)cc1Br. The molecule has 0 fully saturated rings. The van der Waals surface area contributed by atoms with Gasteiger partial charge in [0, 0.05) is 6.20 Å². The van der Waals surface area contributed by atoms with Crippen molar-refractivity contribution in [3.05, 3.63) is 27.5 Å². The van der Waals surface area contributed by atoms with E-state index in [-0.39, 0.29) is 5.69 Å². The van der Waals surface area contributed by atoms with Crippen LogP contribution in [-0.4, -0.2) is 16.1 Å². The summed E-state index contributed by atoms with van der Waals surface area (Å²) in [5, 5.41) is 8.93. The van der Waals surface area contributed by atoms with E-state index in [4.69, 9.17) is 16.7 Å². The van der Waals surface area contributed by atoms with E-state index in [1.807, 2.05) is 0 Å². The maximum atomic E-state index is 10.4. The molecule has 0 saturated carbocycles. The van der Waals surface area contributed by atoms with Crippen molar-refractivity contribution in [2.45, 2.75) is 0 Å². The van der Waals surface area contributed by atoms with Gasteiger partial charge in [-0.25, -0.2) is 9.78 Å². The minimum absolute atomic E-state index is 0.0330. The molecule has 0 saturated heterocycles. The lowest BCUT2D eigenvalue weighted by atomic mass is 10.4. The first-order chi connectivity index (χ1) is 5.11. The van der Waals surface area contributed by atoms with Crippen LogP contribution in [0.25, 0.3) is 0 Å². The first-order valence-corrected chi connectivity index (χ1v) is 3.82. The minimum Gasteiger partial charge on any atom is -0.476 e. The second-order valence-electron chi connectivity index (χ2n) is 1.79. The predicted molar refractivity (Wildman–Crippen MR) is 43.9 cm³/mol. The van der Waals surface area contributed by atoms with Crippen LogP contribution < -0.4 is 0 Å². The van der Waals surface area contributed by atoms with Crippen molar-refractivity contribution in [2.75, 3.05) is 0 Å². The quantitative estimate of drug-likeness (QED) is 0.813. The summed E-state index contributed by atoms with van der Waals surface area (Å²) in [6.45, 7) is 0. The third-order valence-electron chi connectivity index (χ3n) is 1.01. The van der Waals surface area contributed by atoms with Gasteiger partial charge in [0.2, 0.25) is 0 Å². The molecule has 0 aliphatic carbocycles. The Kier molecular flexibility index (Phi) is 2.46. The molecular formula is C6H3BrClNO2. The highest BCUT2D eigenvalue weighted by molar-refractivity contribution is 9.10. The molecule has 1 aromatic rings. The van der Waals surface area contributed by atoms with Crippen LogP contribution in [-0.2, 0) is 0 Å². The fourth-order valence-electron chi connectivity index (χ4n) is 0.572. The number of carboxylic acid groups (broad SMARTS) is 1. The van der Waals surface area contributed by atoms with Crippen LogP contribution in [0.15, 0.2) is 16.7 Å². The molecule has 0 aliphatic heterocycles. The fourth-order valence-corrected chi connectivity index (χ4v) is 1.38. The minimum atomic E-state index is -1.08. The van der Waals surface area contributed by atoms with Gasteiger partial charge in [0.05, 0.1) is 9.50 Å². The van der Waals surface area contributed by atoms with Crippen LogP contribution in [0, 0.1) is 0 Å². The first kappa shape index (κ1) is 8.49. The molecule has 1 aromatic heterocycles. The zero-order valence-electron chi connectivity index (χ0n) is 5.21. The standard InChI is InChI=1S/C6H3BrClNO2/c7-4-1-3(8)2-9-5(4)6(10)11/h1-2H,(H,10,11). The summed E-state index contributed by atoms with van der Waals surface area (Å²) in [5.41, 5.74) is -0.0330. The Morgan fingerprint density at radius 3 is 2.82 bits per heavy atom. The molecule has 5 heteroatoms. The predicted octanol–water partition coefficient (Wildman–Crippen LogP) is 2.20. The number of hydrogen-bond acceptors (Lipinski definition) is 2. The van der Waals surface area contributed by atoms with Gasteiger partial charge in [-0.1, -0.05) is 11.6 Å². The van der Waals surface area contributed by atoms with E-state index in [0.29, 0.717) is 9.50 Å². The van der Waals surface area contributed by atoms with Gasteiger partial charge in [-0.3, -0.25) is 0 Å². The summed E-state index contributed by atoms with van der Waals surface area (Å²) in [5.74, 6) is -1.08. The van der Waals surface area contributed by atoms with Gasteiger partial charge in [0.15, 0.2) is 5.69 Å². The monoisotopic (exact) mass is 235 g/mol. The number of carboxylic acids is 1. The van der Waals surface area contributed by atoms with Gasteiger partial charge in [-0.2, -0.15) is 0 Å². The van der Waals surface area contributed by atoms with Crippen molar-refractivity contribution in [1.29, 1.82) is 0 Å². The van der Waals surface area contributed by atoms with Gasteiger partial charge < -0.3 is 5.11 Å². The van der Waals surface area contributed by atoms with Crippen molar-refractivity contribution >= 4 is 33.5 Å². The Balaban J connectivity index is 3.20. The molecule has 0 unspecified atom stereocenters. The highest BCUT2D eigenvalue weighted by atomic mass is 79.9. The maximum absolute atomic E-state index is 10.4. The van der Waals surface area contributed by atoms with Crippen LogP contribution in [0.4, 0.5) is 0 Å². The zero-order chi connectivity index (χ0) is 8.43. The van der Waals surface area contributed by atoms with Crippen molar-refractivity contribution in [3.8, 4) is 0 Å². The molecule has 1 N–H and O–H groups in total. The fraction of sp³-hybridized carbons (Fsp3) is 0. The van der Waals surface area contributed by atoms with E-state index in [1.165, 1.54) is 12.3 Å². The van der Waals surface area contributed by atoms with E-state index >= 15 is 0 Å². The largest absolute Gasteiger partial charge is 0.476 e. The zero-order valence-corrected chi connectivity index (χ0v) is 7.56. The Morgan fingerprint density at radius 2 is 2.36 bits per heavy atom. The van der Waals surface area contributed by atoms with Crippen molar-refractivity contribution in [3.63, 3.8) is 0 Å². The van der Waals surface area contributed by atoms with Gasteiger partial charge in [0.25, 0.3) is 0 Å². The molecule has 0 aliphatic rings. The van der Waals surface area contributed by atoms with Crippen LogP contribution in [0.3, 0.4) is 0 Å². The van der Waals surface area contributed by atoms with Gasteiger partial charge in [-0.15, -0.1) is 0 Å². The molecule has 1 rings (SSSR count). The number of halogens is 2. The lowest BCUT2D eigenvalue weighted by Crippen LogP contribution is -2.00. The van der Waals surface area contributed by atoms with Gasteiger partial charge in [0.1, 0.15) is 0 Å². The summed E-state index contributed by atoms with van der Waals surface area (Å²) in [4.78, 5) is 14.0. The van der Waals surface area contributed by atoms with Crippen LogP contribution >= 0.6 is 27.5 Å². The Labute approximate surface area is 76.1 Å². The molecule has 0 spiro atoms. The van der Waals surface area contributed by atoms with Crippen molar-refractivity contribution in [2.24, 2.45) is 0 Å². The Morgan fingerprint density at radius 1 is 1.73 bits per heavy atom. The van der Waals surface area contributed by atoms with Gasteiger partial charge in [-0.05, 0) is 22.0 Å². The number of carbonyl (C=O) groups is 1. The molecular weight excluding hydrogens is 233 g/mol. The highest BCUT2D eigenvalue weighted by Crippen LogP contribution is 2.18. The summed E-state index contributed by atoms with van der Waals surface area (Å²) in [6, 6.07) is 1.48. The van der Waals surface area contributed by atoms with Crippen molar-refractivity contribution in [1.82, 2.24) is 4.98 Å². The molecule has 0 bridgehead atoms. The Hall–Kier alpha value is -0.610. The average Bonchev–Trinajstić information content (AvgIpc) is 1.85. The lowest BCUT2D eigenvalue weighted by molar-refractivity contribution is 0.0689. The van der Waals surface area contributed by atoms with E-state index in [9.17, 15) is 4.79 Å². The van der Waals surface area contributed by atoms with E-state index < -0.39 is 5.97 Å². The number of nitrogens with zero attached hydrogens (tertiary/aromatic N) is 1. The topological polar surface area (TPSA) is 50.2 Å². The number of rotatable bonds is 1. The number of pyridine rings is 1. The normalized spacial score (nSPS) is 9.64. The first-order valence-electron chi connectivity index (χ1n) is 2.65. The molecule has 58 valence electrons. The van der Waals surface area contributed by atoms with E-state index in [0.717, 1.165) is 0 Å². The highest BCUT2D eigenvalue weighted by Gasteiger charge is 2.08. The van der Waals surface area contributed by atoms with Crippen LogP contribution in [0.5, 0.6) is 0 Å². The third-order valence-corrected chi connectivity index (χ3v) is 1.82. The second kappa shape index (κ2) is 3.19. The Bertz CT molecular complexity index is 303. The lowest BCUT2D eigenvalue weighted by Gasteiger charge is -1.96. The summed E-state index contributed by atoms with van der Waals surface area (Å²) >= 11 is 8.56. The second-order valence-corrected chi connectivity index (χ2v) is 3.08. The summed E-state index contributed by atoms with van der Waals surface area (Å²) < 4.78 is 0.387. The molecule has 0 aromatic carbocycles. The third kappa shape index (κ3) is 1.91. The summed E-state index contributed by atoms with van der Waals surface area (Å²) in [6.07, 6.45) is 1.29. The number of aromatic nitrogens is 1. The number of aromatic carboxylic acids is 1. The molecule has 0 radical (unpaired) electrons. The van der Waals surface area contributed by atoms with E-state index in [2.05, 4.69) is 20.9 Å². The van der Waals surface area contributed by atoms with Crippen LogP contribution in [0.2, 0.25) is 5.02 Å². The molecule has 0 amide bonds. The van der Waals surface area contributed by atoms with Crippen molar-refractivity contribution < 1.29 is 9.90 Å². The van der Waals surface area contributed by atoms with Gasteiger partial charge >= 0.3 is 5.97 Å².